The number of hydrogen-bond donors (Lipinski definition) is 2. The maximum absolute atomic E-state index is 12.5. The number of urea groups is 1. The van der Waals surface area contributed by atoms with Crippen LogP contribution in [0.2, 0.25) is 0 Å². The molecule has 1 aromatic heterocycles. The molecule has 3 N–H and O–H groups in total. The van der Waals surface area contributed by atoms with Gasteiger partial charge in [-0.1, -0.05) is 6.07 Å². The highest BCUT2D eigenvalue weighted by molar-refractivity contribution is 5.93. The van der Waals surface area contributed by atoms with Crippen LogP contribution in [0.1, 0.15) is 12.8 Å². The van der Waals surface area contributed by atoms with E-state index in [1.54, 1.807) is 36.7 Å². The van der Waals surface area contributed by atoms with Crippen molar-refractivity contribution in [2.24, 2.45) is 11.7 Å². The Bertz CT molecular complexity index is 751. The number of hydrogen-bond acceptors (Lipinski definition) is 4. The molecule has 0 spiro atoms. The zero-order valence-corrected chi connectivity index (χ0v) is 13.7. The molecular weight excluding hydrogens is 320 g/mol. The van der Waals surface area contributed by atoms with Crippen molar-refractivity contribution in [1.82, 2.24) is 9.88 Å². The summed E-state index contributed by atoms with van der Waals surface area (Å²) >= 11 is 0. The Labute approximate surface area is 145 Å². The van der Waals surface area contributed by atoms with Crippen LogP contribution in [-0.2, 0) is 4.79 Å². The molecule has 0 unspecified atom stereocenters. The van der Waals surface area contributed by atoms with Crippen molar-refractivity contribution in [2.45, 2.75) is 12.8 Å². The first-order valence-corrected chi connectivity index (χ1v) is 8.15. The number of amides is 3. The Morgan fingerprint density at radius 2 is 2.00 bits per heavy atom. The number of nitrogens with zero attached hydrogens (tertiary/aromatic N) is 2. The maximum atomic E-state index is 12.5. The van der Waals surface area contributed by atoms with E-state index in [0.717, 1.165) is 12.8 Å². The Kier molecular flexibility index (Phi) is 5.13. The van der Waals surface area contributed by atoms with Gasteiger partial charge in [-0.2, -0.15) is 0 Å². The van der Waals surface area contributed by atoms with E-state index in [1.807, 2.05) is 12.1 Å². The van der Waals surface area contributed by atoms with Crippen LogP contribution >= 0.6 is 0 Å². The summed E-state index contributed by atoms with van der Waals surface area (Å²) in [7, 11) is 0. The standard InChI is InChI=1S/C18H20N4O3/c19-18(24)22-10-2-3-13(12-22)17(23)21-14-4-1-5-16(11-14)25-15-6-8-20-9-7-15/h1,4-9,11,13H,2-3,10,12H2,(H2,19,24)(H,21,23)/t13-/m0/s1. The average Bonchev–Trinajstić information content (AvgIpc) is 2.63. The molecule has 0 bridgehead atoms. The van der Waals surface area contributed by atoms with Crippen molar-refractivity contribution >= 4 is 17.6 Å². The summed E-state index contributed by atoms with van der Waals surface area (Å²) in [6, 6.07) is 10.2. The van der Waals surface area contributed by atoms with Gasteiger partial charge in [-0.25, -0.2) is 4.79 Å². The quantitative estimate of drug-likeness (QED) is 0.894. The molecule has 1 aliphatic rings. The van der Waals surface area contributed by atoms with Crippen LogP contribution in [0.5, 0.6) is 11.5 Å². The molecule has 1 fully saturated rings. The van der Waals surface area contributed by atoms with Crippen molar-refractivity contribution in [3.63, 3.8) is 0 Å². The van der Waals surface area contributed by atoms with E-state index in [0.29, 0.717) is 30.3 Å². The Morgan fingerprint density at radius 3 is 2.76 bits per heavy atom. The van der Waals surface area contributed by atoms with Gasteiger partial charge in [0.15, 0.2) is 0 Å². The molecule has 0 radical (unpaired) electrons. The van der Waals surface area contributed by atoms with Gasteiger partial charge in [0.2, 0.25) is 5.91 Å². The number of nitrogens with two attached hydrogens (primary N) is 1. The van der Waals surface area contributed by atoms with E-state index in [9.17, 15) is 9.59 Å². The number of piperidine rings is 1. The first-order valence-electron chi connectivity index (χ1n) is 8.15. The molecule has 25 heavy (non-hydrogen) atoms. The molecule has 0 aliphatic carbocycles. The smallest absolute Gasteiger partial charge is 0.314 e. The van der Waals surface area contributed by atoms with Crippen LogP contribution in [0.25, 0.3) is 0 Å². The molecule has 0 saturated carbocycles. The second-order valence-electron chi connectivity index (χ2n) is 5.93. The number of aromatic nitrogens is 1. The zero-order chi connectivity index (χ0) is 17.6. The Morgan fingerprint density at radius 1 is 1.20 bits per heavy atom. The third-order valence-corrected chi connectivity index (χ3v) is 4.09. The monoisotopic (exact) mass is 340 g/mol. The first kappa shape index (κ1) is 16.8. The van der Waals surface area contributed by atoms with Crippen molar-refractivity contribution < 1.29 is 14.3 Å². The lowest BCUT2D eigenvalue weighted by atomic mass is 9.97. The number of pyridine rings is 1. The lowest BCUT2D eigenvalue weighted by Gasteiger charge is -2.30. The minimum atomic E-state index is -0.481. The van der Waals surface area contributed by atoms with E-state index in [1.165, 1.54) is 4.90 Å². The van der Waals surface area contributed by atoms with E-state index in [-0.39, 0.29) is 11.8 Å². The average molecular weight is 340 g/mol. The summed E-state index contributed by atoms with van der Waals surface area (Å²) < 4.78 is 5.73. The lowest BCUT2D eigenvalue weighted by molar-refractivity contribution is -0.121. The van der Waals surface area contributed by atoms with Gasteiger partial charge in [0, 0.05) is 37.2 Å². The number of rotatable bonds is 4. The topological polar surface area (TPSA) is 97.6 Å². The minimum Gasteiger partial charge on any atom is -0.457 e. The van der Waals surface area contributed by atoms with Gasteiger partial charge in [0.05, 0.1) is 5.92 Å². The number of carbonyl (C=O) groups is 2. The van der Waals surface area contributed by atoms with E-state index < -0.39 is 6.03 Å². The van der Waals surface area contributed by atoms with Gasteiger partial charge in [-0.3, -0.25) is 9.78 Å². The Hall–Kier alpha value is -3.09. The van der Waals surface area contributed by atoms with Crippen molar-refractivity contribution in [1.29, 1.82) is 0 Å². The van der Waals surface area contributed by atoms with Gasteiger partial charge >= 0.3 is 6.03 Å². The van der Waals surface area contributed by atoms with Gasteiger partial charge in [0.1, 0.15) is 11.5 Å². The molecule has 1 atom stereocenters. The predicted octanol–water partition coefficient (Wildman–Crippen LogP) is 2.60. The number of anilines is 1. The van der Waals surface area contributed by atoms with Crippen molar-refractivity contribution in [3.05, 3.63) is 48.8 Å². The van der Waals surface area contributed by atoms with E-state index >= 15 is 0 Å². The van der Waals surface area contributed by atoms with Crippen LogP contribution in [0.3, 0.4) is 0 Å². The SMILES string of the molecule is NC(=O)N1CCC[C@H](C(=O)Nc2cccc(Oc3ccncc3)c2)C1. The summed E-state index contributed by atoms with van der Waals surface area (Å²) in [4.78, 5) is 29.2. The second kappa shape index (κ2) is 7.65. The van der Waals surface area contributed by atoms with E-state index in [4.69, 9.17) is 10.5 Å². The summed E-state index contributed by atoms with van der Waals surface area (Å²) in [5.41, 5.74) is 5.96. The van der Waals surface area contributed by atoms with Crippen LogP contribution in [0.4, 0.5) is 10.5 Å². The fourth-order valence-corrected chi connectivity index (χ4v) is 2.82. The summed E-state index contributed by atoms with van der Waals surface area (Å²) in [6.07, 6.45) is 4.80. The molecule has 1 aliphatic heterocycles. The third-order valence-electron chi connectivity index (χ3n) is 4.09. The zero-order valence-electron chi connectivity index (χ0n) is 13.7. The van der Waals surface area contributed by atoms with Gasteiger partial charge in [-0.05, 0) is 37.1 Å². The fourth-order valence-electron chi connectivity index (χ4n) is 2.82. The highest BCUT2D eigenvalue weighted by atomic mass is 16.5. The molecule has 7 nitrogen and oxygen atoms in total. The highest BCUT2D eigenvalue weighted by Gasteiger charge is 2.27. The molecule has 2 heterocycles. The molecule has 3 amide bonds. The molecule has 1 saturated heterocycles. The number of ether oxygens (including phenoxy) is 1. The number of nitrogens with one attached hydrogen (secondary N) is 1. The summed E-state index contributed by atoms with van der Waals surface area (Å²) in [5.74, 6) is 0.910. The fraction of sp³-hybridized carbons (Fsp3) is 0.278. The molecular formula is C18H20N4O3. The van der Waals surface area contributed by atoms with Gasteiger partial charge < -0.3 is 20.7 Å². The number of likely N-dealkylation sites (tertiary alicyclic amines) is 1. The third kappa shape index (κ3) is 4.47. The van der Waals surface area contributed by atoms with Crippen molar-refractivity contribution in [3.8, 4) is 11.5 Å². The van der Waals surface area contributed by atoms with Gasteiger partial charge in [0.25, 0.3) is 0 Å². The summed E-state index contributed by atoms with van der Waals surface area (Å²) in [6.45, 7) is 0.961. The lowest BCUT2D eigenvalue weighted by Crippen LogP contribution is -2.46. The van der Waals surface area contributed by atoms with Crippen LogP contribution < -0.4 is 15.8 Å². The Balaban J connectivity index is 1.63. The first-order chi connectivity index (χ1) is 12.1. The molecule has 1 aromatic carbocycles. The molecule has 7 heteroatoms. The minimum absolute atomic E-state index is 0.119. The predicted molar refractivity (Wildman–Crippen MR) is 93.3 cm³/mol. The summed E-state index contributed by atoms with van der Waals surface area (Å²) in [5, 5.41) is 2.89. The van der Waals surface area contributed by atoms with Crippen LogP contribution in [-0.4, -0.2) is 34.9 Å². The number of benzene rings is 1. The molecule has 130 valence electrons. The second-order valence-corrected chi connectivity index (χ2v) is 5.93. The normalized spacial score (nSPS) is 17.0. The molecule has 2 aromatic rings. The van der Waals surface area contributed by atoms with Gasteiger partial charge in [-0.15, -0.1) is 0 Å². The molecule has 3 rings (SSSR count). The maximum Gasteiger partial charge on any atom is 0.314 e. The highest BCUT2D eigenvalue weighted by Crippen LogP contribution is 2.24. The van der Waals surface area contributed by atoms with Crippen LogP contribution in [0.15, 0.2) is 48.8 Å². The largest absolute Gasteiger partial charge is 0.457 e. The number of carbonyl (C=O) groups excluding carboxylic acids is 2. The van der Waals surface area contributed by atoms with Crippen molar-refractivity contribution in [2.75, 3.05) is 18.4 Å². The van der Waals surface area contributed by atoms with Crippen LogP contribution in [0, 0.1) is 5.92 Å². The van der Waals surface area contributed by atoms with E-state index in [2.05, 4.69) is 10.3 Å². The number of primary amides is 1.